The van der Waals surface area contributed by atoms with E-state index in [0.717, 1.165) is 10.9 Å². The lowest BCUT2D eigenvalue weighted by molar-refractivity contribution is 0.471. The van der Waals surface area contributed by atoms with Crippen LogP contribution in [0.5, 0.6) is 11.5 Å². The van der Waals surface area contributed by atoms with Gasteiger partial charge in [0.15, 0.2) is 0 Å². The zero-order valence-electron chi connectivity index (χ0n) is 7.57. The minimum atomic E-state index is 0.147. The van der Waals surface area contributed by atoms with Crippen LogP contribution >= 0.6 is 0 Å². The van der Waals surface area contributed by atoms with Crippen LogP contribution in [0.15, 0.2) is 36.9 Å². The van der Waals surface area contributed by atoms with Crippen molar-refractivity contribution in [2.24, 2.45) is 0 Å². The van der Waals surface area contributed by atoms with Crippen LogP contribution < -0.4 is 0 Å². The molecular weight excluding hydrogens is 176 g/mol. The van der Waals surface area contributed by atoms with Crippen molar-refractivity contribution in [1.82, 2.24) is 0 Å². The molecule has 0 atom stereocenters. The van der Waals surface area contributed by atoms with E-state index in [-0.39, 0.29) is 11.5 Å². The Kier molecular flexibility index (Phi) is 1.89. The summed E-state index contributed by atoms with van der Waals surface area (Å²) in [6, 6.07) is 8.29. The first-order valence-corrected chi connectivity index (χ1v) is 4.29. The van der Waals surface area contributed by atoms with Crippen LogP contribution in [0.4, 0.5) is 0 Å². The molecule has 70 valence electrons. The monoisotopic (exact) mass is 186 g/mol. The highest BCUT2D eigenvalue weighted by Gasteiger charge is 2.03. The van der Waals surface area contributed by atoms with Crippen LogP contribution in [0, 0.1) is 0 Å². The van der Waals surface area contributed by atoms with Gasteiger partial charge in [0.1, 0.15) is 11.5 Å². The van der Waals surface area contributed by atoms with Crippen molar-refractivity contribution < 1.29 is 10.2 Å². The molecule has 14 heavy (non-hydrogen) atoms. The van der Waals surface area contributed by atoms with Gasteiger partial charge in [-0.15, -0.1) is 0 Å². The summed E-state index contributed by atoms with van der Waals surface area (Å²) in [6.07, 6.45) is 1.72. The Bertz CT molecular complexity index is 501. The first kappa shape index (κ1) is 8.63. The summed E-state index contributed by atoms with van der Waals surface area (Å²) >= 11 is 0. The molecule has 0 fully saturated rings. The number of hydrogen-bond donors (Lipinski definition) is 2. The van der Waals surface area contributed by atoms with Crippen molar-refractivity contribution in [3.05, 3.63) is 42.5 Å². The molecule has 0 aliphatic heterocycles. The normalized spacial score (nSPS) is 10.3. The van der Waals surface area contributed by atoms with E-state index in [2.05, 4.69) is 6.58 Å². The Hall–Kier alpha value is -1.96. The van der Waals surface area contributed by atoms with Gasteiger partial charge in [-0.3, -0.25) is 0 Å². The van der Waals surface area contributed by atoms with Crippen LogP contribution in [0.3, 0.4) is 0 Å². The van der Waals surface area contributed by atoms with E-state index in [9.17, 15) is 10.2 Å². The maximum atomic E-state index is 9.57. The van der Waals surface area contributed by atoms with Crippen molar-refractivity contribution in [3.63, 3.8) is 0 Å². The third kappa shape index (κ3) is 1.21. The van der Waals surface area contributed by atoms with E-state index < -0.39 is 0 Å². The number of fused-ring (bicyclic) bond motifs is 1. The fraction of sp³-hybridized carbons (Fsp3) is 0. The zero-order valence-corrected chi connectivity index (χ0v) is 7.57. The maximum Gasteiger partial charge on any atom is 0.123 e. The summed E-state index contributed by atoms with van der Waals surface area (Å²) in [5.41, 5.74) is 0.942. The number of benzene rings is 2. The molecule has 0 amide bonds. The van der Waals surface area contributed by atoms with Gasteiger partial charge in [-0.25, -0.2) is 0 Å². The standard InChI is InChI=1S/C12H10O2/c1-2-8-3-6-12(14)11-7-9(13)4-5-10(8)11/h2-7,13-14H,1H2. The molecule has 0 aliphatic carbocycles. The van der Waals surface area contributed by atoms with E-state index in [4.69, 9.17) is 0 Å². The molecule has 0 unspecified atom stereocenters. The van der Waals surface area contributed by atoms with Gasteiger partial charge in [0.2, 0.25) is 0 Å². The Labute approximate surface area is 81.7 Å². The molecule has 2 heteroatoms. The highest BCUT2D eigenvalue weighted by molar-refractivity contribution is 5.95. The molecule has 0 saturated carbocycles. The SMILES string of the molecule is C=Cc1ccc(O)c2cc(O)ccc12. The van der Waals surface area contributed by atoms with Crippen molar-refractivity contribution >= 4 is 16.8 Å². The van der Waals surface area contributed by atoms with Crippen LogP contribution in [-0.2, 0) is 0 Å². The fourth-order valence-electron chi connectivity index (χ4n) is 1.52. The molecule has 0 aromatic heterocycles. The van der Waals surface area contributed by atoms with E-state index >= 15 is 0 Å². The minimum Gasteiger partial charge on any atom is -0.508 e. The van der Waals surface area contributed by atoms with Gasteiger partial charge in [-0.1, -0.05) is 18.7 Å². The summed E-state index contributed by atoms with van der Waals surface area (Å²) in [5.74, 6) is 0.315. The summed E-state index contributed by atoms with van der Waals surface area (Å²) < 4.78 is 0. The number of rotatable bonds is 1. The molecule has 0 heterocycles. The predicted octanol–water partition coefficient (Wildman–Crippen LogP) is 2.89. The highest BCUT2D eigenvalue weighted by atomic mass is 16.3. The van der Waals surface area contributed by atoms with Gasteiger partial charge < -0.3 is 10.2 Å². The first-order chi connectivity index (χ1) is 6.72. The molecule has 0 radical (unpaired) electrons. The van der Waals surface area contributed by atoms with E-state index in [0.29, 0.717) is 5.39 Å². The molecule has 2 nitrogen and oxygen atoms in total. The summed E-state index contributed by atoms with van der Waals surface area (Å²) in [7, 11) is 0. The van der Waals surface area contributed by atoms with Crippen molar-refractivity contribution in [2.75, 3.05) is 0 Å². The van der Waals surface area contributed by atoms with Gasteiger partial charge in [0.05, 0.1) is 0 Å². The molecule has 0 spiro atoms. The van der Waals surface area contributed by atoms with Crippen LogP contribution in [0.25, 0.3) is 16.8 Å². The third-order valence-corrected chi connectivity index (χ3v) is 2.23. The van der Waals surface area contributed by atoms with E-state index in [1.165, 1.54) is 6.07 Å². The lowest BCUT2D eigenvalue weighted by Crippen LogP contribution is -1.79. The number of hydrogen-bond acceptors (Lipinski definition) is 2. The molecule has 2 aromatic rings. The van der Waals surface area contributed by atoms with Crippen LogP contribution in [0.2, 0.25) is 0 Å². The second kappa shape index (κ2) is 3.07. The number of phenols is 2. The highest BCUT2D eigenvalue weighted by Crippen LogP contribution is 2.30. The maximum absolute atomic E-state index is 9.57. The smallest absolute Gasteiger partial charge is 0.123 e. The van der Waals surface area contributed by atoms with Gasteiger partial charge in [-0.2, -0.15) is 0 Å². The van der Waals surface area contributed by atoms with Crippen molar-refractivity contribution in [3.8, 4) is 11.5 Å². The minimum absolute atomic E-state index is 0.147. The predicted molar refractivity (Wildman–Crippen MR) is 57.4 cm³/mol. The van der Waals surface area contributed by atoms with Gasteiger partial charge in [-0.05, 0) is 35.2 Å². The molecule has 0 bridgehead atoms. The van der Waals surface area contributed by atoms with Crippen molar-refractivity contribution in [2.45, 2.75) is 0 Å². The van der Waals surface area contributed by atoms with Crippen molar-refractivity contribution in [1.29, 1.82) is 0 Å². The second-order valence-electron chi connectivity index (χ2n) is 3.11. The van der Waals surface area contributed by atoms with Gasteiger partial charge in [0.25, 0.3) is 0 Å². The Morgan fingerprint density at radius 3 is 2.50 bits per heavy atom. The van der Waals surface area contributed by atoms with Crippen LogP contribution in [0.1, 0.15) is 5.56 Å². The van der Waals surface area contributed by atoms with E-state index in [1.807, 2.05) is 0 Å². The van der Waals surface area contributed by atoms with Gasteiger partial charge >= 0.3 is 0 Å². The average molecular weight is 186 g/mol. The summed E-state index contributed by atoms with van der Waals surface area (Å²) in [5, 5.41) is 20.4. The topological polar surface area (TPSA) is 40.5 Å². The number of aromatic hydroxyl groups is 2. The van der Waals surface area contributed by atoms with E-state index in [1.54, 1.807) is 30.3 Å². The molecule has 2 aromatic carbocycles. The molecule has 0 aliphatic rings. The summed E-state index contributed by atoms with van der Waals surface area (Å²) in [6.45, 7) is 3.69. The fourth-order valence-corrected chi connectivity index (χ4v) is 1.52. The Morgan fingerprint density at radius 1 is 1.00 bits per heavy atom. The molecular formula is C12H10O2. The Balaban J connectivity index is 2.91. The second-order valence-corrected chi connectivity index (χ2v) is 3.11. The average Bonchev–Trinajstić information content (AvgIpc) is 2.19. The largest absolute Gasteiger partial charge is 0.508 e. The third-order valence-electron chi connectivity index (χ3n) is 2.23. The quantitative estimate of drug-likeness (QED) is 0.718. The van der Waals surface area contributed by atoms with Gasteiger partial charge in [0, 0.05) is 5.39 Å². The Morgan fingerprint density at radius 2 is 1.79 bits per heavy atom. The number of phenolic OH excluding ortho intramolecular Hbond substituents is 2. The summed E-state index contributed by atoms with van der Waals surface area (Å²) in [4.78, 5) is 0. The van der Waals surface area contributed by atoms with Crippen LogP contribution in [-0.4, -0.2) is 10.2 Å². The first-order valence-electron chi connectivity index (χ1n) is 4.29. The lowest BCUT2D eigenvalue weighted by Gasteiger charge is -2.04. The molecule has 2 rings (SSSR count). The zero-order chi connectivity index (χ0) is 10.1. The molecule has 0 saturated heterocycles. The lowest BCUT2D eigenvalue weighted by atomic mass is 10.0. The molecule has 2 N–H and O–H groups in total.